The highest BCUT2D eigenvalue weighted by Gasteiger charge is 2.27. The van der Waals surface area contributed by atoms with E-state index in [9.17, 15) is 9.18 Å². The Morgan fingerprint density at radius 3 is 2.71 bits per heavy atom. The van der Waals surface area contributed by atoms with Crippen molar-refractivity contribution in [2.75, 3.05) is 7.11 Å². The predicted octanol–water partition coefficient (Wildman–Crippen LogP) is 4.85. The number of rotatable bonds is 11. The van der Waals surface area contributed by atoms with Crippen LogP contribution in [0.5, 0.6) is 5.75 Å². The van der Waals surface area contributed by atoms with Crippen molar-refractivity contribution in [1.82, 2.24) is 30.1 Å². The molecule has 38 heavy (non-hydrogen) atoms. The Balaban J connectivity index is 1.54. The molecular formula is C28H29FN6O3. The van der Waals surface area contributed by atoms with Gasteiger partial charge in [-0.05, 0) is 70.9 Å². The fourth-order valence-corrected chi connectivity index (χ4v) is 4.66. The lowest BCUT2D eigenvalue weighted by Crippen LogP contribution is -2.32. The van der Waals surface area contributed by atoms with Crippen molar-refractivity contribution in [3.8, 4) is 5.75 Å². The lowest BCUT2D eigenvalue weighted by molar-refractivity contribution is 0.155. The van der Waals surface area contributed by atoms with Crippen LogP contribution in [0.1, 0.15) is 48.5 Å². The maximum absolute atomic E-state index is 13.7. The molecule has 0 unspecified atom stereocenters. The van der Waals surface area contributed by atoms with E-state index >= 15 is 0 Å². The third-order valence-corrected chi connectivity index (χ3v) is 6.55. The molecule has 0 saturated carbocycles. The third kappa shape index (κ3) is 5.65. The first-order chi connectivity index (χ1) is 18.5. The van der Waals surface area contributed by atoms with Crippen LogP contribution in [0.2, 0.25) is 0 Å². The van der Waals surface area contributed by atoms with Crippen LogP contribution in [0.15, 0.2) is 76.1 Å². The monoisotopic (exact) mass is 516 g/mol. The lowest BCUT2D eigenvalue weighted by Gasteiger charge is -2.31. The summed E-state index contributed by atoms with van der Waals surface area (Å²) in [5.74, 6) is 1.82. The number of aromatic nitrogens is 5. The number of fused-ring (bicyclic) bond motifs is 1. The van der Waals surface area contributed by atoms with Crippen LogP contribution < -0.4 is 10.3 Å². The molecule has 5 rings (SSSR count). The van der Waals surface area contributed by atoms with Crippen LogP contribution in [-0.4, -0.2) is 37.2 Å². The van der Waals surface area contributed by atoms with Gasteiger partial charge in [-0.1, -0.05) is 25.5 Å². The van der Waals surface area contributed by atoms with Crippen molar-refractivity contribution in [3.05, 3.63) is 106 Å². The van der Waals surface area contributed by atoms with Crippen molar-refractivity contribution in [1.29, 1.82) is 0 Å². The maximum Gasteiger partial charge on any atom is 0.252 e. The zero-order valence-electron chi connectivity index (χ0n) is 21.3. The first-order valence-corrected chi connectivity index (χ1v) is 12.5. The van der Waals surface area contributed by atoms with Gasteiger partial charge in [0.15, 0.2) is 5.82 Å². The molecule has 1 N–H and O–H groups in total. The van der Waals surface area contributed by atoms with Gasteiger partial charge in [-0.3, -0.25) is 9.69 Å². The van der Waals surface area contributed by atoms with Gasteiger partial charge in [-0.15, -0.1) is 5.10 Å². The van der Waals surface area contributed by atoms with Crippen molar-refractivity contribution in [3.63, 3.8) is 0 Å². The minimum Gasteiger partial charge on any atom is -0.497 e. The van der Waals surface area contributed by atoms with Crippen molar-refractivity contribution >= 4 is 10.9 Å². The van der Waals surface area contributed by atoms with E-state index in [0.29, 0.717) is 36.8 Å². The molecule has 2 aromatic carbocycles. The zero-order chi connectivity index (χ0) is 26.5. The molecule has 0 fully saturated rings. The molecule has 0 saturated heterocycles. The van der Waals surface area contributed by atoms with Gasteiger partial charge in [0.05, 0.1) is 19.4 Å². The summed E-state index contributed by atoms with van der Waals surface area (Å²) in [5.41, 5.74) is 2.07. The SMILES string of the molecule is CCC[C@@H](c1nnnn1Cc1ccco1)N(Cc1ccc(F)cc1)Cc1cc2cc(OC)ccc2[nH]c1=O. The van der Waals surface area contributed by atoms with Crippen molar-refractivity contribution in [2.24, 2.45) is 0 Å². The van der Waals surface area contributed by atoms with E-state index in [2.05, 4.69) is 32.3 Å². The Morgan fingerprint density at radius 2 is 1.97 bits per heavy atom. The molecule has 0 spiro atoms. The molecule has 9 nitrogen and oxygen atoms in total. The Hall–Kier alpha value is -4.31. The smallest absolute Gasteiger partial charge is 0.252 e. The van der Waals surface area contributed by atoms with Crippen LogP contribution in [-0.2, 0) is 19.6 Å². The highest BCUT2D eigenvalue weighted by atomic mass is 19.1. The standard InChI is InChI=1S/C28H29FN6O3/c1-3-5-26(27-31-32-33-35(27)18-24-6-4-13-38-24)34(16-19-7-9-22(29)10-8-19)17-21-14-20-15-23(37-2)11-12-25(20)30-28(21)36/h4,6-15,26H,3,5,16-18H2,1-2H3,(H,30,36)/t26-/m0/s1. The number of hydrogen-bond donors (Lipinski definition) is 1. The number of pyridine rings is 1. The lowest BCUT2D eigenvalue weighted by atomic mass is 10.1. The largest absolute Gasteiger partial charge is 0.497 e. The third-order valence-electron chi connectivity index (χ3n) is 6.55. The van der Waals surface area contributed by atoms with Gasteiger partial charge in [-0.2, -0.15) is 0 Å². The second-order valence-electron chi connectivity index (χ2n) is 9.19. The summed E-state index contributed by atoms with van der Waals surface area (Å²) in [5, 5.41) is 13.4. The van der Waals surface area contributed by atoms with Crippen LogP contribution in [0, 0.1) is 5.82 Å². The molecule has 0 radical (unpaired) electrons. The minimum absolute atomic E-state index is 0.169. The number of nitrogens with one attached hydrogen (secondary N) is 1. The summed E-state index contributed by atoms with van der Waals surface area (Å²) in [6.45, 7) is 3.28. The quantitative estimate of drug-likeness (QED) is 0.268. The number of halogens is 1. The van der Waals surface area contributed by atoms with Gasteiger partial charge in [0.1, 0.15) is 23.9 Å². The average molecular weight is 517 g/mol. The normalized spacial score (nSPS) is 12.3. The van der Waals surface area contributed by atoms with Gasteiger partial charge in [0.2, 0.25) is 0 Å². The summed E-state index contributed by atoms with van der Waals surface area (Å²) < 4.78 is 26.3. The van der Waals surface area contributed by atoms with E-state index in [1.807, 2.05) is 36.4 Å². The van der Waals surface area contributed by atoms with Crippen molar-refractivity contribution < 1.29 is 13.5 Å². The van der Waals surface area contributed by atoms with Crippen LogP contribution in [0.25, 0.3) is 10.9 Å². The number of nitrogens with zero attached hydrogens (tertiary/aromatic N) is 5. The van der Waals surface area contributed by atoms with Gasteiger partial charge < -0.3 is 14.1 Å². The molecule has 196 valence electrons. The van der Waals surface area contributed by atoms with Gasteiger partial charge in [0, 0.05) is 29.6 Å². The summed E-state index contributed by atoms with van der Waals surface area (Å²) in [4.78, 5) is 18.3. The number of methoxy groups -OCH3 is 1. The molecule has 0 aliphatic rings. The molecule has 5 aromatic rings. The van der Waals surface area contributed by atoms with E-state index in [-0.39, 0.29) is 17.4 Å². The highest BCUT2D eigenvalue weighted by Crippen LogP contribution is 2.29. The fourth-order valence-electron chi connectivity index (χ4n) is 4.66. The van der Waals surface area contributed by atoms with E-state index in [1.54, 1.807) is 30.2 Å². The first-order valence-electron chi connectivity index (χ1n) is 12.5. The van der Waals surface area contributed by atoms with Gasteiger partial charge in [0.25, 0.3) is 5.56 Å². The second kappa shape index (κ2) is 11.4. The predicted molar refractivity (Wildman–Crippen MR) is 140 cm³/mol. The second-order valence-corrected chi connectivity index (χ2v) is 9.19. The fraction of sp³-hybridized carbons (Fsp3) is 0.286. The maximum atomic E-state index is 13.7. The number of aromatic amines is 1. The first kappa shape index (κ1) is 25.3. The van der Waals surface area contributed by atoms with Crippen LogP contribution >= 0.6 is 0 Å². The number of furan rings is 1. The van der Waals surface area contributed by atoms with Gasteiger partial charge in [-0.25, -0.2) is 9.07 Å². The average Bonchev–Trinajstić information content (AvgIpc) is 3.61. The Bertz CT molecular complexity index is 1550. The number of ether oxygens (including phenoxy) is 1. The molecule has 10 heteroatoms. The molecule has 0 aliphatic heterocycles. The molecule has 0 amide bonds. The van der Waals surface area contributed by atoms with E-state index in [1.165, 1.54) is 12.1 Å². The van der Waals surface area contributed by atoms with Crippen LogP contribution in [0.4, 0.5) is 4.39 Å². The Labute approximate surface area is 218 Å². The molecule has 0 aliphatic carbocycles. The van der Waals surface area contributed by atoms with E-state index in [4.69, 9.17) is 9.15 Å². The molecule has 3 heterocycles. The number of hydrogen-bond acceptors (Lipinski definition) is 7. The number of benzene rings is 2. The summed E-state index contributed by atoms with van der Waals surface area (Å²) in [7, 11) is 1.61. The van der Waals surface area contributed by atoms with E-state index < -0.39 is 0 Å². The molecular weight excluding hydrogens is 487 g/mol. The Morgan fingerprint density at radius 1 is 1.13 bits per heavy atom. The summed E-state index contributed by atoms with van der Waals surface area (Å²) in [6.07, 6.45) is 3.23. The zero-order valence-corrected chi connectivity index (χ0v) is 21.3. The summed E-state index contributed by atoms with van der Waals surface area (Å²) in [6, 6.07) is 17.3. The molecule has 0 bridgehead atoms. The molecule has 3 aromatic heterocycles. The summed E-state index contributed by atoms with van der Waals surface area (Å²) >= 11 is 0. The van der Waals surface area contributed by atoms with Crippen LogP contribution in [0.3, 0.4) is 0 Å². The number of H-pyrrole nitrogens is 1. The van der Waals surface area contributed by atoms with E-state index in [0.717, 1.165) is 35.1 Å². The van der Waals surface area contributed by atoms with Gasteiger partial charge >= 0.3 is 0 Å². The van der Waals surface area contributed by atoms with Crippen molar-refractivity contribution in [2.45, 2.75) is 45.4 Å². The number of tetrazole rings is 1. The molecule has 1 atom stereocenters. The topological polar surface area (TPSA) is 102 Å². The highest BCUT2D eigenvalue weighted by molar-refractivity contribution is 5.80. The Kier molecular flexibility index (Phi) is 7.60. The minimum atomic E-state index is -0.298.